The summed E-state index contributed by atoms with van der Waals surface area (Å²) in [5.74, 6) is 0.747. The van der Waals surface area contributed by atoms with Crippen LogP contribution in [0.4, 0.5) is 11.4 Å². The third kappa shape index (κ3) is 3.56. The van der Waals surface area contributed by atoms with E-state index in [1.54, 1.807) is 18.9 Å². The summed E-state index contributed by atoms with van der Waals surface area (Å²) < 4.78 is 27.7. The van der Waals surface area contributed by atoms with Crippen LogP contribution in [0.25, 0.3) is 0 Å². The Morgan fingerprint density at radius 3 is 2.59 bits per heavy atom. The predicted molar refractivity (Wildman–Crippen MR) is 75.6 cm³/mol. The molecule has 22 heavy (non-hydrogen) atoms. The Hall–Kier alpha value is -2.53. The first-order valence-corrected chi connectivity index (χ1v) is 7.54. The van der Waals surface area contributed by atoms with Crippen molar-refractivity contribution >= 4 is 21.4 Å². The molecule has 1 aromatic carbocycles. The number of rotatable bonds is 5. The standard InChI is InChI=1S/C11H13N5O5S/c1-7-13-11(14-21-7)6-15(2)8-3-9(16(17)18)5-10(4-8)22(12,19)20/h3-5H,6H2,1-2H3,(H2,12,19,20). The Balaban J connectivity index is 2.40. The predicted octanol–water partition coefficient (Wildman–Crippen LogP) is 0.570. The van der Waals surface area contributed by atoms with Crippen LogP contribution in [0.15, 0.2) is 27.6 Å². The fourth-order valence-electron chi connectivity index (χ4n) is 1.77. The van der Waals surface area contributed by atoms with Gasteiger partial charge in [0.1, 0.15) is 0 Å². The summed E-state index contributed by atoms with van der Waals surface area (Å²) in [6, 6.07) is 3.39. The lowest BCUT2D eigenvalue weighted by Crippen LogP contribution is -2.19. The number of nitrogens with two attached hydrogens (primary N) is 1. The largest absolute Gasteiger partial charge is 0.367 e. The summed E-state index contributed by atoms with van der Waals surface area (Å²) in [5.41, 5.74) is -0.0849. The number of hydrogen-bond donors (Lipinski definition) is 1. The zero-order chi connectivity index (χ0) is 16.5. The maximum absolute atomic E-state index is 11.4. The van der Waals surface area contributed by atoms with Gasteiger partial charge in [0.05, 0.1) is 16.4 Å². The monoisotopic (exact) mass is 327 g/mol. The van der Waals surface area contributed by atoms with Gasteiger partial charge in [0.15, 0.2) is 5.82 Å². The number of benzene rings is 1. The molecule has 0 atom stereocenters. The zero-order valence-electron chi connectivity index (χ0n) is 11.8. The molecule has 0 radical (unpaired) electrons. The topological polar surface area (TPSA) is 145 Å². The van der Waals surface area contributed by atoms with E-state index < -0.39 is 14.9 Å². The number of primary sulfonamides is 1. The molecule has 11 heteroatoms. The van der Waals surface area contributed by atoms with Crippen LogP contribution < -0.4 is 10.0 Å². The minimum atomic E-state index is -4.06. The molecule has 0 fully saturated rings. The van der Waals surface area contributed by atoms with Crippen molar-refractivity contribution in [3.05, 3.63) is 40.0 Å². The van der Waals surface area contributed by atoms with Crippen molar-refractivity contribution in [3.63, 3.8) is 0 Å². The van der Waals surface area contributed by atoms with Crippen LogP contribution in [-0.4, -0.2) is 30.5 Å². The molecular weight excluding hydrogens is 314 g/mol. The molecule has 0 amide bonds. The Morgan fingerprint density at radius 1 is 1.41 bits per heavy atom. The van der Waals surface area contributed by atoms with Gasteiger partial charge in [-0.25, -0.2) is 13.6 Å². The van der Waals surface area contributed by atoms with Crippen molar-refractivity contribution in [1.82, 2.24) is 10.1 Å². The molecule has 0 unspecified atom stereocenters. The molecule has 2 N–H and O–H groups in total. The van der Waals surface area contributed by atoms with Gasteiger partial charge in [-0.2, -0.15) is 4.98 Å². The van der Waals surface area contributed by atoms with Crippen LogP contribution in [0.2, 0.25) is 0 Å². The van der Waals surface area contributed by atoms with Gasteiger partial charge in [-0.15, -0.1) is 0 Å². The fourth-order valence-corrected chi connectivity index (χ4v) is 2.34. The SMILES string of the molecule is Cc1nc(CN(C)c2cc([N+](=O)[O-])cc(S(N)(=O)=O)c2)no1. The molecule has 0 aliphatic rings. The van der Waals surface area contributed by atoms with E-state index in [1.807, 2.05) is 0 Å². The minimum Gasteiger partial charge on any atom is -0.367 e. The number of nitro groups is 1. The van der Waals surface area contributed by atoms with Crippen molar-refractivity contribution in [1.29, 1.82) is 0 Å². The molecule has 0 bridgehead atoms. The fraction of sp³-hybridized carbons (Fsp3) is 0.273. The molecule has 0 aliphatic heterocycles. The summed E-state index contributed by atoms with van der Waals surface area (Å²) in [4.78, 5) is 15.5. The minimum absolute atomic E-state index is 0.183. The highest BCUT2D eigenvalue weighted by atomic mass is 32.2. The van der Waals surface area contributed by atoms with Crippen LogP contribution in [0.3, 0.4) is 0 Å². The summed E-state index contributed by atoms with van der Waals surface area (Å²) in [6.45, 7) is 1.81. The Bertz CT molecular complexity index is 816. The molecule has 0 spiro atoms. The molecule has 1 aromatic heterocycles. The summed E-state index contributed by atoms with van der Waals surface area (Å²) in [6.07, 6.45) is 0. The Morgan fingerprint density at radius 2 is 2.09 bits per heavy atom. The van der Waals surface area contributed by atoms with Crippen molar-refractivity contribution < 1.29 is 17.9 Å². The number of aromatic nitrogens is 2. The number of aryl methyl sites for hydroxylation is 1. The summed E-state index contributed by atoms with van der Waals surface area (Å²) in [5, 5.41) is 19.7. The lowest BCUT2D eigenvalue weighted by Gasteiger charge is -2.17. The molecule has 0 aliphatic carbocycles. The number of sulfonamides is 1. The van der Waals surface area contributed by atoms with E-state index in [4.69, 9.17) is 9.66 Å². The number of anilines is 1. The van der Waals surface area contributed by atoms with Crippen LogP contribution in [-0.2, 0) is 16.6 Å². The molecule has 2 rings (SSSR count). The average molecular weight is 327 g/mol. The van der Waals surface area contributed by atoms with Gasteiger partial charge in [-0.1, -0.05) is 5.16 Å². The first kappa shape index (κ1) is 15.9. The Kier molecular flexibility index (Phi) is 4.10. The number of nitrogens with zero attached hydrogens (tertiary/aromatic N) is 4. The van der Waals surface area contributed by atoms with E-state index in [9.17, 15) is 18.5 Å². The number of nitro benzene ring substituents is 1. The second kappa shape index (κ2) is 5.69. The van der Waals surface area contributed by atoms with Crippen LogP contribution in [0, 0.1) is 17.0 Å². The first-order chi connectivity index (χ1) is 10.2. The molecule has 1 heterocycles. The van der Waals surface area contributed by atoms with Gasteiger partial charge in [0.25, 0.3) is 5.69 Å². The molecule has 10 nitrogen and oxygen atoms in total. The van der Waals surface area contributed by atoms with E-state index in [1.165, 1.54) is 12.1 Å². The van der Waals surface area contributed by atoms with Crippen molar-refractivity contribution in [2.75, 3.05) is 11.9 Å². The van der Waals surface area contributed by atoms with Crippen LogP contribution >= 0.6 is 0 Å². The van der Waals surface area contributed by atoms with E-state index in [0.29, 0.717) is 17.4 Å². The normalized spacial score (nSPS) is 11.4. The highest BCUT2D eigenvalue weighted by molar-refractivity contribution is 7.89. The number of non-ortho nitro benzene ring substituents is 1. The van der Waals surface area contributed by atoms with Gasteiger partial charge in [-0.05, 0) is 6.07 Å². The number of hydrogen-bond acceptors (Lipinski definition) is 8. The van der Waals surface area contributed by atoms with Crippen molar-refractivity contribution in [3.8, 4) is 0 Å². The second-order valence-electron chi connectivity index (χ2n) is 4.57. The van der Waals surface area contributed by atoms with E-state index >= 15 is 0 Å². The lowest BCUT2D eigenvalue weighted by atomic mass is 10.2. The van der Waals surface area contributed by atoms with E-state index in [2.05, 4.69) is 10.1 Å². The van der Waals surface area contributed by atoms with Gasteiger partial charge in [0, 0.05) is 31.8 Å². The third-order valence-corrected chi connectivity index (χ3v) is 3.70. The summed E-state index contributed by atoms with van der Waals surface area (Å²) in [7, 11) is -2.46. The first-order valence-electron chi connectivity index (χ1n) is 5.99. The zero-order valence-corrected chi connectivity index (χ0v) is 12.6. The van der Waals surface area contributed by atoms with Crippen LogP contribution in [0.5, 0.6) is 0 Å². The smallest absolute Gasteiger partial charge is 0.272 e. The van der Waals surface area contributed by atoms with E-state index in [0.717, 1.165) is 6.07 Å². The second-order valence-corrected chi connectivity index (χ2v) is 6.13. The quantitative estimate of drug-likeness (QED) is 0.619. The highest BCUT2D eigenvalue weighted by Gasteiger charge is 2.18. The summed E-state index contributed by atoms with van der Waals surface area (Å²) >= 11 is 0. The third-order valence-electron chi connectivity index (χ3n) is 2.80. The van der Waals surface area contributed by atoms with E-state index in [-0.39, 0.29) is 17.1 Å². The molecular formula is C11H13N5O5S. The van der Waals surface area contributed by atoms with Gasteiger partial charge < -0.3 is 9.42 Å². The van der Waals surface area contributed by atoms with Gasteiger partial charge in [-0.3, -0.25) is 10.1 Å². The van der Waals surface area contributed by atoms with Crippen molar-refractivity contribution in [2.24, 2.45) is 5.14 Å². The maximum atomic E-state index is 11.4. The van der Waals surface area contributed by atoms with Crippen LogP contribution in [0.1, 0.15) is 11.7 Å². The lowest BCUT2D eigenvalue weighted by molar-refractivity contribution is -0.385. The molecule has 0 saturated heterocycles. The van der Waals surface area contributed by atoms with Crippen molar-refractivity contribution in [2.45, 2.75) is 18.4 Å². The molecule has 0 saturated carbocycles. The molecule has 118 valence electrons. The molecule has 2 aromatic rings. The van der Waals surface area contributed by atoms with Gasteiger partial charge >= 0.3 is 0 Å². The van der Waals surface area contributed by atoms with Gasteiger partial charge in [0.2, 0.25) is 15.9 Å². The average Bonchev–Trinajstić information content (AvgIpc) is 2.82. The maximum Gasteiger partial charge on any atom is 0.272 e. The highest BCUT2D eigenvalue weighted by Crippen LogP contribution is 2.26. The Labute approximate surface area is 125 Å².